The molecule has 1 aromatic carbocycles. The van der Waals surface area contributed by atoms with E-state index < -0.39 is 0 Å². The standard InChI is InChI=1S/C10H13N3O/c1-3-13-10(14)7-5-4-6-8(11)9(7)12(13)2/h4-6H,3,11H2,1-2H3. The van der Waals surface area contributed by atoms with E-state index >= 15 is 0 Å². The van der Waals surface area contributed by atoms with Crippen molar-refractivity contribution < 1.29 is 0 Å². The lowest BCUT2D eigenvalue weighted by atomic mass is 10.2. The molecule has 2 N–H and O–H groups in total. The van der Waals surface area contributed by atoms with Gasteiger partial charge >= 0.3 is 0 Å². The van der Waals surface area contributed by atoms with Gasteiger partial charge in [0.05, 0.1) is 16.6 Å². The molecular weight excluding hydrogens is 178 g/mol. The van der Waals surface area contributed by atoms with Crippen molar-refractivity contribution in [2.75, 3.05) is 5.73 Å². The highest BCUT2D eigenvalue weighted by Gasteiger charge is 2.10. The third-order valence-electron chi connectivity index (χ3n) is 2.52. The topological polar surface area (TPSA) is 52.9 Å². The largest absolute Gasteiger partial charge is 0.397 e. The Bertz CT molecular complexity index is 536. The number of aromatic nitrogens is 2. The predicted octanol–water partition coefficient (Wildman–Crippen LogP) is 0.942. The van der Waals surface area contributed by atoms with Gasteiger partial charge in [0, 0.05) is 13.6 Å². The molecule has 0 saturated heterocycles. The van der Waals surface area contributed by atoms with E-state index in [0.29, 0.717) is 17.6 Å². The first-order valence-electron chi connectivity index (χ1n) is 4.60. The van der Waals surface area contributed by atoms with Crippen molar-refractivity contribution in [2.45, 2.75) is 13.5 Å². The van der Waals surface area contributed by atoms with Crippen molar-refractivity contribution >= 4 is 16.6 Å². The molecule has 0 aliphatic carbocycles. The van der Waals surface area contributed by atoms with Crippen molar-refractivity contribution in [1.82, 2.24) is 9.36 Å². The van der Waals surface area contributed by atoms with Crippen LogP contribution in [0.5, 0.6) is 0 Å². The summed E-state index contributed by atoms with van der Waals surface area (Å²) >= 11 is 0. The first kappa shape index (κ1) is 8.87. The molecule has 0 fully saturated rings. The normalized spacial score (nSPS) is 11.0. The number of nitrogen functional groups attached to an aromatic ring is 1. The second-order valence-electron chi connectivity index (χ2n) is 3.29. The van der Waals surface area contributed by atoms with Crippen LogP contribution in [-0.4, -0.2) is 9.36 Å². The molecule has 0 radical (unpaired) electrons. The Balaban J connectivity index is 3.02. The molecule has 1 aromatic heterocycles. The minimum absolute atomic E-state index is 0.0253. The fourth-order valence-electron chi connectivity index (χ4n) is 1.85. The first-order valence-corrected chi connectivity index (χ1v) is 4.60. The Kier molecular flexibility index (Phi) is 1.84. The molecule has 1 heterocycles. The summed E-state index contributed by atoms with van der Waals surface area (Å²) in [6.07, 6.45) is 0. The second-order valence-corrected chi connectivity index (χ2v) is 3.29. The minimum Gasteiger partial charge on any atom is -0.397 e. The maximum absolute atomic E-state index is 11.8. The molecule has 4 nitrogen and oxygen atoms in total. The SMILES string of the molecule is CCn1c(=O)c2cccc(N)c2n1C. The number of hydrogen-bond donors (Lipinski definition) is 1. The third-order valence-corrected chi connectivity index (χ3v) is 2.52. The summed E-state index contributed by atoms with van der Waals surface area (Å²) < 4.78 is 3.48. The van der Waals surface area contributed by atoms with E-state index in [4.69, 9.17) is 5.73 Å². The lowest BCUT2D eigenvalue weighted by Crippen LogP contribution is -2.19. The maximum atomic E-state index is 11.8. The number of nitrogens with zero attached hydrogens (tertiary/aromatic N) is 2. The van der Waals surface area contributed by atoms with Crippen molar-refractivity contribution in [2.24, 2.45) is 7.05 Å². The zero-order valence-corrected chi connectivity index (χ0v) is 8.32. The molecule has 0 aliphatic heterocycles. The van der Waals surface area contributed by atoms with Crippen LogP contribution in [-0.2, 0) is 13.6 Å². The van der Waals surface area contributed by atoms with Gasteiger partial charge in [-0.15, -0.1) is 0 Å². The van der Waals surface area contributed by atoms with Crippen LogP contribution in [0.25, 0.3) is 10.9 Å². The molecular formula is C10H13N3O. The van der Waals surface area contributed by atoms with Crippen molar-refractivity contribution in [3.05, 3.63) is 28.6 Å². The second kappa shape index (κ2) is 2.90. The van der Waals surface area contributed by atoms with Gasteiger partial charge in [0.15, 0.2) is 0 Å². The summed E-state index contributed by atoms with van der Waals surface area (Å²) in [7, 11) is 1.85. The van der Waals surface area contributed by atoms with Crippen LogP contribution in [0.1, 0.15) is 6.92 Å². The monoisotopic (exact) mass is 191 g/mol. The molecule has 2 rings (SSSR count). The summed E-state index contributed by atoms with van der Waals surface area (Å²) in [5.74, 6) is 0. The number of nitrogens with two attached hydrogens (primary N) is 1. The summed E-state index contributed by atoms with van der Waals surface area (Å²) in [5, 5.41) is 0.689. The van der Waals surface area contributed by atoms with E-state index in [1.165, 1.54) is 0 Å². The van der Waals surface area contributed by atoms with Gasteiger partial charge in [0.25, 0.3) is 5.56 Å². The van der Waals surface area contributed by atoms with Gasteiger partial charge in [0.1, 0.15) is 0 Å². The van der Waals surface area contributed by atoms with E-state index in [-0.39, 0.29) is 5.56 Å². The first-order chi connectivity index (χ1) is 6.66. The van der Waals surface area contributed by atoms with Crippen molar-refractivity contribution in [1.29, 1.82) is 0 Å². The molecule has 0 bridgehead atoms. The van der Waals surface area contributed by atoms with Gasteiger partial charge in [-0.25, -0.2) is 0 Å². The number of para-hydroxylation sites is 1. The number of benzene rings is 1. The Hall–Kier alpha value is -1.71. The highest BCUT2D eigenvalue weighted by molar-refractivity contribution is 5.89. The van der Waals surface area contributed by atoms with Gasteiger partial charge in [-0.2, -0.15) is 0 Å². The van der Waals surface area contributed by atoms with Crippen molar-refractivity contribution in [3.8, 4) is 0 Å². The van der Waals surface area contributed by atoms with Gasteiger partial charge in [-0.3, -0.25) is 14.2 Å². The zero-order valence-electron chi connectivity index (χ0n) is 8.32. The third kappa shape index (κ3) is 0.968. The fraction of sp³-hybridized carbons (Fsp3) is 0.300. The Labute approximate surface area is 81.5 Å². The predicted molar refractivity (Wildman–Crippen MR) is 57.3 cm³/mol. The minimum atomic E-state index is 0.0253. The molecule has 2 aromatic rings. The van der Waals surface area contributed by atoms with Gasteiger partial charge in [-0.1, -0.05) is 6.07 Å². The fourth-order valence-corrected chi connectivity index (χ4v) is 1.85. The lowest BCUT2D eigenvalue weighted by Gasteiger charge is -2.04. The molecule has 0 unspecified atom stereocenters. The number of hydrogen-bond acceptors (Lipinski definition) is 2. The molecule has 0 saturated carbocycles. The quantitative estimate of drug-likeness (QED) is 0.682. The molecule has 14 heavy (non-hydrogen) atoms. The van der Waals surface area contributed by atoms with Gasteiger partial charge in [-0.05, 0) is 19.1 Å². The molecule has 0 amide bonds. The summed E-state index contributed by atoms with van der Waals surface area (Å²) in [4.78, 5) is 11.8. The number of anilines is 1. The molecule has 0 atom stereocenters. The Morgan fingerprint density at radius 3 is 2.71 bits per heavy atom. The molecule has 0 aliphatic rings. The van der Waals surface area contributed by atoms with E-state index in [1.54, 1.807) is 16.8 Å². The van der Waals surface area contributed by atoms with Crippen LogP contribution >= 0.6 is 0 Å². The van der Waals surface area contributed by atoms with Crippen LogP contribution in [0, 0.1) is 0 Å². The Morgan fingerprint density at radius 2 is 2.14 bits per heavy atom. The van der Waals surface area contributed by atoms with Crippen LogP contribution in [0.4, 0.5) is 5.69 Å². The van der Waals surface area contributed by atoms with Crippen LogP contribution in [0.2, 0.25) is 0 Å². The van der Waals surface area contributed by atoms with E-state index in [2.05, 4.69) is 0 Å². The molecule has 0 spiro atoms. The summed E-state index contributed by atoms with van der Waals surface area (Å²) in [6.45, 7) is 2.60. The van der Waals surface area contributed by atoms with Crippen molar-refractivity contribution in [3.63, 3.8) is 0 Å². The maximum Gasteiger partial charge on any atom is 0.274 e. The Morgan fingerprint density at radius 1 is 1.43 bits per heavy atom. The van der Waals surface area contributed by atoms with Gasteiger partial charge in [0.2, 0.25) is 0 Å². The smallest absolute Gasteiger partial charge is 0.274 e. The highest BCUT2D eigenvalue weighted by Crippen LogP contribution is 2.17. The number of aryl methyl sites for hydroxylation is 1. The number of fused-ring (bicyclic) bond motifs is 1. The zero-order chi connectivity index (χ0) is 10.3. The lowest BCUT2D eigenvalue weighted by molar-refractivity contribution is 0.532. The van der Waals surface area contributed by atoms with Gasteiger partial charge < -0.3 is 5.73 Å². The molecule has 4 heteroatoms. The van der Waals surface area contributed by atoms with Crippen LogP contribution in [0.15, 0.2) is 23.0 Å². The molecule has 74 valence electrons. The van der Waals surface area contributed by atoms with Crippen LogP contribution in [0.3, 0.4) is 0 Å². The summed E-state index contributed by atoms with van der Waals surface area (Å²) in [6, 6.07) is 5.42. The highest BCUT2D eigenvalue weighted by atomic mass is 16.1. The number of rotatable bonds is 1. The average molecular weight is 191 g/mol. The van der Waals surface area contributed by atoms with E-state index in [1.807, 2.05) is 24.7 Å². The summed E-state index contributed by atoms with van der Waals surface area (Å²) in [5.41, 5.74) is 7.31. The average Bonchev–Trinajstić information content (AvgIpc) is 2.41. The van der Waals surface area contributed by atoms with Crippen LogP contribution < -0.4 is 11.3 Å². The van der Waals surface area contributed by atoms with E-state index in [0.717, 1.165) is 5.52 Å². The van der Waals surface area contributed by atoms with E-state index in [9.17, 15) is 4.79 Å².